The second-order valence-corrected chi connectivity index (χ2v) is 6.14. The molecule has 2 aromatic carbocycles. The van der Waals surface area contributed by atoms with Crippen LogP contribution >= 0.6 is 0 Å². The Morgan fingerprint density at radius 1 is 1.04 bits per heavy atom. The Labute approximate surface area is 157 Å². The highest BCUT2D eigenvalue weighted by atomic mass is 16.6. The van der Waals surface area contributed by atoms with E-state index in [4.69, 9.17) is 0 Å². The first-order chi connectivity index (χ1) is 13.1. The van der Waals surface area contributed by atoms with Crippen molar-refractivity contribution >= 4 is 17.3 Å². The molecule has 1 N–H and O–H groups in total. The van der Waals surface area contributed by atoms with Gasteiger partial charge in [-0.1, -0.05) is 31.5 Å². The van der Waals surface area contributed by atoms with Crippen molar-refractivity contribution in [3.63, 3.8) is 0 Å². The van der Waals surface area contributed by atoms with Crippen molar-refractivity contribution in [3.8, 4) is 11.3 Å². The van der Waals surface area contributed by atoms with Crippen LogP contribution in [0.4, 0.5) is 11.4 Å². The maximum absolute atomic E-state index is 12.3. The Morgan fingerprint density at radius 3 is 2.30 bits per heavy atom. The zero-order chi connectivity index (χ0) is 19.2. The number of amides is 1. The molecule has 0 radical (unpaired) electrons. The van der Waals surface area contributed by atoms with Crippen molar-refractivity contribution < 1.29 is 9.72 Å². The fraction of sp³-hybridized carbons (Fsp3) is 0.143. The van der Waals surface area contributed by atoms with Gasteiger partial charge in [0.25, 0.3) is 11.6 Å². The van der Waals surface area contributed by atoms with Gasteiger partial charge in [0.15, 0.2) is 0 Å². The lowest BCUT2D eigenvalue weighted by molar-refractivity contribution is -0.384. The van der Waals surface area contributed by atoms with Crippen LogP contribution < -0.4 is 5.32 Å². The number of hydrogen-bond acceptors (Lipinski definition) is 4. The molecular weight excluding hydrogens is 342 g/mol. The molecular formula is C21H19N3O3. The number of non-ortho nitro benzene ring substituents is 1. The molecule has 0 aliphatic carbocycles. The van der Waals surface area contributed by atoms with Crippen molar-refractivity contribution in [2.75, 3.05) is 5.32 Å². The molecule has 0 atom stereocenters. The summed E-state index contributed by atoms with van der Waals surface area (Å²) in [6.07, 6.45) is 3.97. The third-order valence-corrected chi connectivity index (χ3v) is 4.14. The van der Waals surface area contributed by atoms with Crippen LogP contribution in [0.25, 0.3) is 11.3 Å². The lowest BCUT2D eigenvalue weighted by Crippen LogP contribution is -2.11. The molecule has 0 bridgehead atoms. The molecule has 6 nitrogen and oxygen atoms in total. The lowest BCUT2D eigenvalue weighted by Gasteiger charge is -2.07. The maximum Gasteiger partial charge on any atom is 0.269 e. The summed E-state index contributed by atoms with van der Waals surface area (Å²) in [6.45, 7) is 2.13. The molecule has 1 aromatic heterocycles. The molecule has 0 spiro atoms. The van der Waals surface area contributed by atoms with Gasteiger partial charge in [0.2, 0.25) is 0 Å². The monoisotopic (exact) mass is 361 g/mol. The SMILES string of the molecule is CCCc1ccc(-c2ccc(C(=O)Nc3ccc([N+](=O)[O-])cc3)cc2)nc1. The van der Waals surface area contributed by atoms with Gasteiger partial charge in [-0.15, -0.1) is 0 Å². The predicted octanol–water partition coefficient (Wildman–Crippen LogP) is 4.86. The molecule has 1 amide bonds. The number of nitro benzene ring substituents is 1. The Balaban J connectivity index is 1.68. The summed E-state index contributed by atoms with van der Waals surface area (Å²) in [5, 5.41) is 13.4. The fourth-order valence-corrected chi connectivity index (χ4v) is 2.69. The van der Waals surface area contributed by atoms with Gasteiger partial charge in [-0.25, -0.2) is 0 Å². The van der Waals surface area contributed by atoms with Crippen LogP contribution in [0.3, 0.4) is 0 Å². The second kappa shape index (κ2) is 8.23. The van der Waals surface area contributed by atoms with Crippen molar-refractivity contribution in [3.05, 3.63) is 88.1 Å². The first-order valence-electron chi connectivity index (χ1n) is 8.68. The zero-order valence-corrected chi connectivity index (χ0v) is 14.9. The number of rotatable bonds is 6. The third kappa shape index (κ3) is 4.55. The topological polar surface area (TPSA) is 85.1 Å². The van der Waals surface area contributed by atoms with E-state index in [1.807, 2.05) is 24.4 Å². The molecule has 0 aliphatic rings. The molecule has 0 aliphatic heterocycles. The highest BCUT2D eigenvalue weighted by Crippen LogP contribution is 2.20. The zero-order valence-electron chi connectivity index (χ0n) is 14.9. The van der Waals surface area contributed by atoms with Crippen molar-refractivity contribution in [2.45, 2.75) is 19.8 Å². The van der Waals surface area contributed by atoms with Gasteiger partial charge < -0.3 is 5.32 Å². The molecule has 136 valence electrons. The minimum absolute atomic E-state index is 0.0187. The number of aryl methyl sites for hydroxylation is 1. The number of nitrogens with zero attached hydrogens (tertiary/aromatic N) is 2. The minimum Gasteiger partial charge on any atom is -0.322 e. The average Bonchev–Trinajstić information content (AvgIpc) is 2.69. The van der Waals surface area contributed by atoms with E-state index in [9.17, 15) is 14.9 Å². The van der Waals surface area contributed by atoms with Gasteiger partial charge >= 0.3 is 0 Å². The highest BCUT2D eigenvalue weighted by Gasteiger charge is 2.09. The number of nitrogens with one attached hydrogen (secondary N) is 1. The Kier molecular flexibility index (Phi) is 5.56. The normalized spacial score (nSPS) is 10.4. The van der Waals surface area contributed by atoms with Gasteiger partial charge in [0.1, 0.15) is 0 Å². The minimum atomic E-state index is -0.479. The van der Waals surface area contributed by atoms with Crippen LogP contribution in [0.1, 0.15) is 29.3 Å². The van der Waals surface area contributed by atoms with E-state index in [0.29, 0.717) is 11.3 Å². The molecule has 0 unspecified atom stereocenters. The molecule has 3 aromatic rings. The third-order valence-electron chi connectivity index (χ3n) is 4.14. The first-order valence-corrected chi connectivity index (χ1v) is 8.68. The number of benzene rings is 2. The summed E-state index contributed by atoms with van der Waals surface area (Å²) in [6, 6.07) is 16.9. The standard InChI is InChI=1S/C21H19N3O3/c1-2-3-15-4-13-20(22-14-15)16-5-7-17(8-6-16)21(25)23-18-9-11-19(12-10-18)24(26)27/h4-14H,2-3H2,1H3,(H,23,25). The number of hydrogen-bond donors (Lipinski definition) is 1. The smallest absolute Gasteiger partial charge is 0.269 e. The van der Waals surface area contributed by atoms with Crippen LogP contribution in [-0.4, -0.2) is 15.8 Å². The Morgan fingerprint density at radius 2 is 1.74 bits per heavy atom. The summed E-state index contributed by atoms with van der Waals surface area (Å²) in [5.41, 5.74) is 3.99. The largest absolute Gasteiger partial charge is 0.322 e. The number of pyridine rings is 1. The maximum atomic E-state index is 12.3. The second-order valence-electron chi connectivity index (χ2n) is 6.14. The first kappa shape index (κ1) is 18.3. The van der Waals surface area contributed by atoms with Crippen LogP contribution in [-0.2, 0) is 6.42 Å². The Bertz CT molecular complexity index is 934. The summed E-state index contributed by atoms with van der Waals surface area (Å²) in [4.78, 5) is 27.0. The van der Waals surface area contributed by atoms with Gasteiger partial charge in [0, 0.05) is 35.1 Å². The number of nitro groups is 1. The molecule has 6 heteroatoms. The quantitative estimate of drug-likeness (QED) is 0.502. The Hall–Kier alpha value is -3.54. The van der Waals surface area contributed by atoms with E-state index in [1.165, 1.54) is 29.8 Å². The van der Waals surface area contributed by atoms with Crippen LogP contribution in [0.2, 0.25) is 0 Å². The fourth-order valence-electron chi connectivity index (χ4n) is 2.69. The van der Waals surface area contributed by atoms with E-state index < -0.39 is 4.92 Å². The summed E-state index contributed by atoms with van der Waals surface area (Å²) in [7, 11) is 0. The lowest BCUT2D eigenvalue weighted by atomic mass is 10.1. The van der Waals surface area contributed by atoms with E-state index >= 15 is 0 Å². The van der Waals surface area contributed by atoms with Gasteiger partial charge in [0.05, 0.1) is 10.6 Å². The number of anilines is 1. The van der Waals surface area contributed by atoms with Crippen LogP contribution in [0.15, 0.2) is 66.9 Å². The molecule has 0 saturated carbocycles. The van der Waals surface area contributed by atoms with E-state index in [-0.39, 0.29) is 11.6 Å². The molecule has 0 saturated heterocycles. The van der Waals surface area contributed by atoms with Crippen molar-refractivity contribution in [1.29, 1.82) is 0 Å². The predicted molar refractivity (Wildman–Crippen MR) is 105 cm³/mol. The number of carbonyl (C=O) groups is 1. The molecule has 3 rings (SSSR count). The van der Waals surface area contributed by atoms with Crippen molar-refractivity contribution in [1.82, 2.24) is 4.98 Å². The van der Waals surface area contributed by atoms with Crippen molar-refractivity contribution in [2.24, 2.45) is 0 Å². The van der Waals surface area contributed by atoms with Crippen LogP contribution in [0.5, 0.6) is 0 Å². The van der Waals surface area contributed by atoms with Gasteiger partial charge in [-0.2, -0.15) is 0 Å². The summed E-state index contributed by atoms with van der Waals surface area (Å²) < 4.78 is 0. The van der Waals surface area contributed by atoms with E-state index in [1.54, 1.807) is 12.1 Å². The van der Waals surface area contributed by atoms with E-state index in [0.717, 1.165) is 24.1 Å². The van der Waals surface area contributed by atoms with Gasteiger partial charge in [-0.3, -0.25) is 19.9 Å². The van der Waals surface area contributed by atoms with E-state index in [2.05, 4.69) is 23.3 Å². The van der Waals surface area contributed by atoms with Gasteiger partial charge in [-0.05, 0) is 42.3 Å². The molecule has 0 fully saturated rings. The summed E-state index contributed by atoms with van der Waals surface area (Å²) in [5.74, 6) is -0.276. The summed E-state index contributed by atoms with van der Waals surface area (Å²) >= 11 is 0. The molecule has 27 heavy (non-hydrogen) atoms. The number of carbonyl (C=O) groups excluding carboxylic acids is 1. The molecule has 1 heterocycles. The number of aromatic nitrogens is 1. The van der Waals surface area contributed by atoms with Crippen LogP contribution in [0, 0.1) is 10.1 Å². The highest BCUT2D eigenvalue weighted by molar-refractivity contribution is 6.04. The average molecular weight is 361 g/mol.